The molecule has 1 aliphatic rings. The molecular weight excluding hydrogens is 232 g/mol. The smallest absolute Gasteiger partial charge is 0.122 e. The first-order valence-corrected chi connectivity index (χ1v) is 6.20. The molecular formula is C12H18N4S. The highest BCUT2D eigenvalue weighted by molar-refractivity contribution is 7.80. The van der Waals surface area contributed by atoms with Crippen LogP contribution in [0.15, 0.2) is 18.3 Å². The van der Waals surface area contributed by atoms with Gasteiger partial charge in [0.2, 0.25) is 0 Å². The monoisotopic (exact) mass is 250 g/mol. The molecule has 1 unspecified atom stereocenters. The number of rotatable bonds is 2. The van der Waals surface area contributed by atoms with Crippen LogP contribution in [-0.2, 0) is 0 Å². The number of nitrogens with two attached hydrogens (primary N) is 1. The lowest BCUT2D eigenvalue weighted by Crippen LogP contribution is -2.50. The summed E-state index contributed by atoms with van der Waals surface area (Å²) >= 11 is 4.90. The maximum atomic E-state index is 5.54. The molecule has 92 valence electrons. The topological polar surface area (TPSA) is 45.4 Å². The largest absolute Gasteiger partial charge is 0.388 e. The molecule has 0 bridgehead atoms. The summed E-state index contributed by atoms with van der Waals surface area (Å²) in [5, 5.41) is 0. The van der Waals surface area contributed by atoms with Gasteiger partial charge < -0.3 is 15.5 Å². The van der Waals surface area contributed by atoms with Crippen LogP contribution >= 0.6 is 12.2 Å². The molecule has 4 nitrogen and oxygen atoms in total. The lowest BCUT2D eigenvalue weighted by Gasteiger charge is -2.39. The maximum Gasteiger partial charge on any atom is 0.122 e. The van der Waals surface area contributed by atoms with Gasteiger partial charge in [-0.3, -0.25) is 4.98 Å². The lowest BCUT2D eigenvalue weighted by atomic mass is 10.2. The van der Waals surface area contributed by atoms with Gasteiger partial charge in [0.1, 0.15) is 4.99 Å². The van der Waals surface area contributed by atoms with Crippen molar-refractivity contribution in [3.63, 3.8) is 0 Å². The van der Waals surface area contributed by atoms with Crippen molar-refractivity contribution < 1.29 is 0 Å². The van der Waals surface area contributed by atoms with Crippen LogP contribution in [0.1, 0.15) is 12.6 Å². The summed E-state index contributed by atoms with van der Waals surface area (Å²) in [6, 6.07) is 4.44. The molecule has 2 N–H and O–H groups in total. The first-order valence-electron chi connectivity index (χ1n) is 5.79. The van der Waals surface area contributed by atoms with Gasteiger partial charge in [0, 0.05) is 25.7 Å². The van der Waals surface area contributed by atoms with Gasteiger partial charge in [-0.1, -0.05) is 12.2 Å². The van der Waals surface area contributed by atoms with Crippen LogP contribution in [0.3, 0.4) is 0 Å². The standard InChI is InChI=1S/C12H18N4S/c1-9-8-15(2)5-6-16(9)10-3-4-11(12(13)17)14-7-10/h3-4,7,9H,5-6,8H2,1-2H3,(H2,13,17). The van der Waals surface area contributed by atoms with Gasteiger partial charge >= 0.3 is 0 Å². The first kappa shape index (κ1) is 12.3. The van der Waals surface area contributed by atoms with Gasteiger partial charge in [0.25, 0.3) is 0 Å². The molecule has 1 atom stereocenters. The van der Waals surface area contributed by atoms with Gasteiger partial charge in [-0.25, -0.2) is 0 Å². The van der Waals surface area contributed by atoms with Crippen LogP contribution < -0.4 is 10.6 Å². The molecule has 2 rings (SSSR count). The highest BCUT2D eigenvalue weighted by atomic mass is 32.1. The lowest BCUT2D eigenvalue weighted by molar-refractivity contribution is 0.275. The van der Waals surface area contributed by atoms with E-state index in [-0.39, 0.29) is 0 Å². The number of hydrogen-bond donors (Lipinski definition) is 1. The molecule has 0 radical (unpaired) electrons. The molecule has 1 aromatic rings. The highest BCUT2D eigenvalue weighted by Gasteiger charge is 2.21. The zero-order valence-corrected chi connectivity index (χ0v) is 11.1. The summed E-state index contributed by atoms with van der Waals surface area (Å²) in [5.41, 5.74) is 7.37. The van der Waals surface area contributed by atoms with Crippen LogP contribution in [0.2, 0.25) is 0 Å². The van der Waals surface area contributed by atoms with Crippen molar-refractivity contribution in [1.82, 2.24) is 9.88 Å². The summed E-state index contributed by atoms with van der Waals surface area (Å²) in [6.07, 6.45) is 1.86. The van der Waals surface area contributed by atoms with Crippen LogP contribution in [0.5, 0.6) is 0 Å². The highest BCUT2D eigenvalue weighted by Crippen LogP contribution is 2.19. The fourth-order valence-electron chi connectivity index (χ4n) is 2.23. The van der Waals surface area contributed by atoms with Gasteiger partial charge in [0.05, 0.1) is 17.6 Å². The Morgan fingerprint density at radius 3 is 2.76 bits per heavy atom. The molecule has 1 aliphatic heterocycles. The number of pyridine rings is 1. The fourth-order valence-corrected chi connectivity index (χ4v) is 2.35. The Morgan fingerprint density at radius 2 is 2.24 bits per heavy atom. The Bertz CT molecular complexity index is 403. The normalized spacial score (nSPS) is 21.5. The van der Waals surface area contributed by atoms with E-state index < -0.39 is 0 Å². The number of hydrogen-bond acceptors (Lipinski definition) is 4. The number of nitrogens with zero attached hydrogens (tertiary/aromatic N) is 3. The molecule has 1 fully saturated rings. The Balaban J connectivity index is 2.14. The number of likely N-dealkylation sites (N-methyl/N-ethyl adjacent to an activating group) is 1. The molecule has 5 heteroatoms. The number of aromatic nitrogens is 1. The second-order valence-corrected chi connectivity index (χ2v) is 5.01. The van der Waals surface area contributed by atoms with Crippen molar-refractivity contribution in [2.75, 3.05) is 31.6 Å². The van der Waals surface area contributed by atoms with Gasteiger partial charge in [-0.2, -0.15) is 0 Å². The van der Waals surface area contributed by atoms with Crippen molar-refractivity contribution in [2.24, 2.45) is 5.73 Å². The van der Waals surface area contributed by atoms with E-state index in [0.717, 1.165) is 25.3 Å². The summed E-state index contributed by atoms with van der Waals surface area (Å²) in [6.45, 7) is 5.43. The molecule has 1 aromatic heterocycles. The second kappa shape index (κ2) is 4.98. The van der Waals surface area contributed by atoms with E-state index >= 15 is 0 Å². The quantitative estimate of drug-likeness (QED) is 0.789. The predicted octanol–water partition coefficient (Wildman–Crippen LogP) is 0.856. The average Bonchev–Trinajstić information content (AvgIpc) is 2.29. The van der Waals surface area contributed by atoms with Crippen molar-refractivity contribution in [2.45, 2.75) is 13.0 Å². The maximum absolute atomic E-state index is 5.54. The third-order valence-electron chi connectivity index (χ3n) is 3.16. The third kappa shape index (κ3) is 2.73. The molecule has 0 spiro atoms. The van der Waals surface area contributed by atoms with E-state index in [0.29, 0.717) is 16.7 Å². The van der Waals surface area contributed by atoms with Crippen LogP contribution in [0.25, 0.3) is 0 Å². The molecule has 17 heavy (non-hydrogen) atoms. The fraction of sp³-hybridized carbons (Fsp3) is 0.500. The van der Waals surface area contributed by atoms with Crippen LogP contribution in [0.4, 0.5) is 5.69 Å². The van der Waals surface area contributed by atoms with Gasteiger partial charge in [-0.15, -0.1) is 0 Å². The SMILES string of the molecule is CC1CN(C)CCN1c1ccc(C(N)=S)nc1. The van der Waals surface area contributed by atoms with Crippen molar-refractivity contribution >= 4 is 22.9 Å². The molecule has 0 amide bonds. The summed E-state index contributed by atoms with van der Waals surface area (Å²) in [5.74, 6) is 0. The van der Waals surface area contributed by atoms with E-state index in [2.05, 4.69) is 28.8 Å². The Hall–Kier alpha value is -1.20. The molecule has 0 aromatic carbocycles. The third-order valence-corrected chi connectivity index (χ3v) is 3.37. The van der Waals surface area contributed by atoms with Crippen LogP contribution in [0, 0.1) is 0 Å². The zero-order chi connectivity index (χ0) is 12.4. The van der Waals surface area contributed by atoms with Crippen molar-refractivity contribution in [1.29, 1.82) is 0 Å². The van der Waals surface area contributed by atoms with Crippen LogP contribution in [-0.4, -0.2) is 47.6 Å². The molecule has 0 saturated carbocycles. The van der Waals surface area contributed by atoms with E-state index in [1.807, 2.05) is 18.3 Å². The van der Waals surface area contributed by atoms with E-state index in [4.69, 9.17) is 18.0 Å². The minimum absolute atomic E-state index is 0.350. The molecule has 1 saturated heterocycles. The van der Waals surface area contributed by atoms with E-state index in [1.165, 1.54) is 0 Å². The number of piperazine rings is 1. The van der Waals surface area contributed by atoms with Crippen molar-refractivity contribution in [3.05, 3.63) is 24.0 Å². The predicted molar refractivity (Wildman–Crippen MR) is 74.4 cm³/mol. The Labute approximate surface area is 107 Å². The number of thiocarbonyl (C=S) groups is 1. The van der Waals surface area contributed by atoms with E-state index in [9.17, 15) is 0 Å². The van der Waals surface area contributed by atoms with Crippen molar-refractivity contribution in [3.8, 4) is 0 Å². The van der Waals surface area contributed by atoms with Gasteiger partial charge in [0.15, 0.2) is 0 Å². The summed E-state index contributed by atoms with van der Waals surface area (Å²) in [4.78, 5) is 9.35. The van der Waals surface area contributed by atoms with E-state index in [1.54, 1.807) is 0 Å². The second-order valence-electron chi connectivity index (χ2n) is 4.57. The summed E-state index contributed by atoms with van der Waals surface area (Å²) in [7, 11) is 2.15. The van der Waals surface area contributed by atoms with Gasteiger partial charge in [-0.05, 0) is 26.1 Å². The zero-order valence-electron chi connectivity index (χ0n) is 10.3. The summed E-state index contributed by atoms with van der Waals surface area (Å²) < 4.78 is 0. The minimum atomic E-state index is 0.350. The molecule has 2 heterocycles. The average molecular weight is 250 g/mol. The first-order chi connectivity index (χ1) is 8.08. The minimum Gasteiger partial charge on any atom is -0.388 e. The Kier molecular flexibility index (Phi) is 3.59. The molecule has 0 aliphatic carbocycles. The number of anilines is 1. The Morgan fingerprint density at radius 1 is 1.47 bits per heavy atom.